The van der Waals surface area contributed by atoms with Gasteiger partial charge in [-0.1, -0.05) is 12.1 Å². The summed E-state index contributed by atoms with van der Waals surface area (Å²) in [6.07, 6.45) is 0. The topological polar surface area (TPSA) is 43.1 Å². The van der Waals surface area contributed by atoms with Crippen LogP contribution in [-0.2, 0) is 10.8 Å². The van der Waals surface area contributed by atoms with Gasteiger partial charge in [-0.3, -0.25) is 4.21 Å². The monoisotopic (exact) mass is 261 g/mol. The molecule has 2 unspecified atom stereocenters. The fourth-order valence-corrected chi connectivity index (χ4v) is 2.76. The number of rotatable bonds is 3. The van der Waals surface area contributed by atoms with Gasteiger partial charge in [0.15, 0.2) is 0 Å². The highest BCUT2D eigenvalue weighted by Crippen LogP contribution is 2.21. The zero-order valence-electron chi connectivity index (χ0n) is 7.37. The summed E-state index contributed by atoms with van der Waals surface area (Å²) in [5.41, 5.74) is 5.45. The summed E-state index contributed by atoms with van der Waals surface area (Å²) in [6.45, 7) is 2.32. The molecule has 0 aromatic heterocycles. The maximum absolute atomic E-state index is 11.8. The van der Waals surface area contributed by atoms with Crippen molar-refractivity contribution in [3.63, 3.8) is 0 Å². The first-order chi connectivity index (χ1) is 6.16. The van der Waals surface area contributed by atoms with Crippen LogP contribution in [0.25, 0.3) is 0 Å². The van der Waals surface area contributed by atoms with E-state index >= 15 is 0 Å². The highest BCUT2D eigenvalue weighted by atomic mass is 79.9. The number of halogens is 1. The van der Waals surface area contributed by atoms with Gasteiger partial charge in [-0.15, -0.1) is 0 Å². The quantitative estimate of drug-likeness (QED) is 0.904. The second kappa shape index (κ2) is 4.88. The normalized spacial score (nSPS) is 15.3. The molecule has 0 aliphatic rings. The first-order valence-corrected chi connectivity index (χ1v) is 6.02. The summed E-state index contributed by atoms with van der Waals surface area (Å²) < 4.78 is 12.7. The van der Waals surface area contributed by atoms with E-state index in [1.54, 1.807) is 0 Å². The number of nitrogens with two attached hydrogens (primary N) is 1. The molecule has 1 aromatic rings. The molecule has 0 aliphatic heterocycles. The van der Waals surface area contributed by atoms with Crippen molar-refractivity contribution in [1.82, 2.24) is 0 Å². The van der Waals surface area contributed by atoms with Gasteiger partial charge in [-0.25, -0.2) is 0 Å². The van der Waals surface area contributed by atoms with Crippen molar-refractivity contribution in [3.8, 4) is 0 Å². The lowest BCUT2D eigenvalue weighted by Gasteiger charge is -2.09. The van der Waals surface area contributed by atoms with E-state index in [-0.39, 0.29) is 5.25 Å². The third kappa shape index (κ3) is 2.62. The highest BCUT2D eigenvalue weighted by molar-refractivity contribution is 9.10. The van der Waals surface area contributed by atoms with Gasteiger partial charge >= 0.3 is 0 Å². The zero-order valence-corrected chi connectivity index (χ0v) is 9.77. The minimum Gasteiger partial charge on any atom is -0.329 e. The Hall–Kier alpha value is -0.190. The molecule has 0 amide bonds. The molecule has 0 bridgehead atoms. The van der Waals surface area contributed by atoms with Crippen LogP contribution < -0.4 is 5.73 Å². The molecule has 0 heterocycles. The predicted molar refractivity (Wildman–Crippen MR) is 59.1 cm³/mol. The fourth-order valence-electron chi connectivity index (χ4n) is 0.912. The summed E-state index contributed by atoms with van der Waals surface area (Å²) in [7, 11) is -1.01. The summed E-state index contributed by atoms with van der Waals surface area (Å²) in [4.78, 5) is 0.820. The van der Waals surface area contributed by atoms with Crippen molar-refractivity contribution in [2.24, 2.45) is 5.73 Å². The standard InChI is InChI=1S/C9H12BrNOS/c1-7(6-11)13(12)9-5-3-2-4-8(9)10/h2-5,7H,6,11H2,1H3. The molecule has 0 saturated carbocycles. The van der Waals surface area contributed by atoms with Crippen LogP contribution >= 0.6 is 15.9 Å². The molecule has 2 nitrogen and oxygen atoms in total. The van der Waals surface area contributed by atoms with E-state index in [0.717, 1.165) is 9.37 Å². The molecule has 0 fully saturated rings. The Morgan fingerprint density at radius 1 is 1.54 bits per heavy atom. The van der Waals surface area contributed by atoms with Gasteiger partial charge in [0.2, 0.25) is 0 Å². The third-order valence-corrected chi connectivity index (χ3v) is 4.42. The van der Waals surface area contributed by atoms with Gasteiger partial charge < -0.3 is 5.73 Å². The smallest absolute Gasteiger partial charge is 0.0582 e. The molecule has 0 spiro atoms. The molecule has 4 heteroatoms. The number of hydrogen-bond donors (Lipinski definition) is 1. The molecule has 2 N–H and O–H groups in total. The SMILES string of the molecule is CC(CN)S(=O)c1ccccc1Br. The van der Waals surface area contributed by atoms with Crippen LogP contribution in [0.5, 0.6) is 0 Å². The lowest BCUT2D eigenvalue weighted by atomic mass is 10.4. The third-order valence-electron chi connectivity index (χ3n) is 1.75. The first-order valence-electron chi connectivity index (χ1n) is 4.02. The van der Waals surface area contributed by atoms with Gasteiger partial charge in [0, 0.05) is 16.3 Å². The number of benzene rings is 1. The second-order valence-corrected chi connectivity index (χ2v) is 5.47. The van der Waals surface area contributed by atoms with E-state index < -0.39 is 10.8 Å². The molecule has 13 heavy (non-hydrogen) atoms. The first kappa shape index (κ1) is 10.9. The van der Waals surface area contributed by atoms with Gasteiger partial charge in [-0.2, -0.15) is 0 Å². The molecule has 1 rings (SSSR count). The largest absolute Gasteiger partial charge is 0.329 e. The molecular weight excluding hydrogens is 250 g/mol. The van der Waals surface area contributed by atoms with Crippen LogP contribution in [0.1, 0.15) is 6.92 Å². The van der Waals surface area contributed by atoms with Gasteiger partial charge in [0.05, 0.1) is 15.7 Å². The van der Waals surface area contributed by atoms with Crippen LogP contribution in [0.2, 0.25) is 0 Å². The van der Waals surface area contributed by atoms with E-state index in [4.69, 9.17) is 5.73 Å². The van der Waals surface area contributed by atoms with Crippen LogP contribution in [0, 0.1) is 0 Å². The average Bonchev–Trinajstić information content (AvgIpc) is 2.16. The maximum Gasteiger partial charge on any atom is 0.0582 e. The second-order valence-electron chi connectivity index (χ2n) is 2.77. The van der Waals surface area contributed by atoms with Crippen LogP contribution in [0.3, 0.4) is 0 Å². The Balaban J connectivity index is 2.95. The lowest BCUT2D eigenvalue weighted by molar-refractivity contribution is 0.673. The Morgan fingerprint density at radius 3 is 2.69 bits per heavy atom. The summed E-state index contributed by atoms with van der Waals surface area (Å²) in [5.74, 6) is 0. The Morgan fingerprint density at radius 2 is 2.15 bits per heavy atom. The van der Waals surface area contributed by atoms with E-state index in [1.807, 2.05) is 31.2 Å². The van der Waals surface area contributed by atoms with E-state index in [9.17, 15) is 4.21 Å². The Labute approximate surface area is 89.1 Å². The molecule has 0 aliphatic carbocycles. The fraction of sp³-hybridized carbons (Fsp3) is 0.333. The maximum atomic E-state index is 11.8. The molecule has 0 saturated heterocycles. The van der Waals surface area contributed by atoms with Crippen molar-refractivity contribution in [2.45, 2.75) is 17.1 Å². The van der Waals surface area contributed by atoms with Gasteiger partial charge in [-0.05, 0) is 35.0 Å². The summed E-state index contributed by atoms with van der Waals surface area (Å²) in [6, 6.07) is 7.52. The molecule has 72 valence electrons. The Bertz CT molecular complexity index is 316. The minimum absolute atomic E-state index is 0.00120. The molecular formula is C9H12BrNOS. The zero-order chi connectivity index (χ0) is 9.84. The van der Waals surface area contributed by atoms with Crippen LogP contribution in [0.15, 0.2) is 33.6 Å². The highest BCUT2D eigenvalue weighted by Gasteiger charge is 2.13. The predicted octanol–water partition coefficient (Wildman–Crippen LogP) is 1.90. The summed E-state index contributed by atoms with van der Waals surface area (Å²) in [5, 5.41) is -0.00120. The molecule has 1 aromatic carbocycles. The van der Waals surface area contributed by atoms with E-state index in [0.29, 0.717) is 6.54 Å². The minimum atomic E-state index is -1.01. The van der Waals surface area contributed by atoms with E-state index in [1.165, 1.54) is 0 Å². The van der Waals surface area contributed by atoms with Crippen molar-refractivity contribution < 1.29 is 4.21 Å². The van der Waals surface area contributed by atoms with Crippen molar-refractivity contribution in [2.75, 3.05) is 6.54 Å². The average molecular weight is 262 g/mol. The molecule has 2 atom stereocenters. The van der Waals surface area contributed by atoms with Gasteiger partial charge in [0.1, 0.15) is 0 Å². The lowest BCUT2D eigenvalue weighted by Crippen LogP contribution is -2.22. The van der Waals surface area contributed by atoms with Gasteiger partial charge in [0.25, 0.3) is 0 Å². The van der Waals surface area contributed by atoms with Crippen molar-refractivity contribution in [1.29, 1.82) is 0 Å². The van der Waals surface area contributed by atoms with Crippen molar-refractivity contribution >= 4 is 26.7 Å². The number of hydrogen-bond acceptors (Lipinski definition) is 2. The Kier molecular flexibility index (Phi) is 4.09. The molecule has 0 radical (unpaired) electrons. The summed E-state index contributed by atoms with van der Waals surface area (Å²) >= 11 is 3.36. The van der Waals surface area contributed by atoms with Crippen LogP contribution in [-0.4, -0.2) is 16.0 Å². The van der Waals surface area contributed by atoms with E-state index in [2.05, 4.69) is 15.9 Å². The van der Waals surface area contributed by atoms with Crippen LogP contribution in [0.4, 0.5) is 0 Å². The van der Waals surface area contributed by atoms with Crippen molar-refractivity contribution in [3.05, 3.63) is 28.7 Å².